The van der Waals surface area contributed by atoms with E-state index in [1.165, 1.54) is 12.1 Å². The van der Waals surface area contributed by atoms with Crippen molar-refractivity contribution in [3.05, 3.63) is 58.9 Å². The van der Waals surface area contributed by atoms with E-state index in [2.05, 4.69) is 5.32 Å². The molecule has 0 saturated carbocycles. The number of aromatic nitrogens is 1. The summed E-state index contributed by atoms with van der Waals surface area (Å²) in [6, 6.07) is 9.92. The number of amides is 2. The maximum atomic E-state index is 13.5. The number of thiophene rings is 1. The van der Waals surface area contributed by atoms with Crippen LogP contribution in [0.2, 0.25) is 0 Å². The molecule has 8 heteroatoms. The maximum Gasteiger partial charge on any atom is 0.271 e. The Hall–Kier alpha value is -2.71. The molecule has 1 atom stereocenters. The maximum absolute atomic E-state index is 13.5. The highest BCUT2D eigenvalue weighted by atomic mass is 32.1. The van der Waals surface area contributed by atoms with E-state index in [9.17, 15) is 14.0 Å². The third-order valence-corrected chi connectivity index (χ3v) is 6.81. The first-order valence-corrected chi connectivity index (χ1v) is 11.7. The number of rotatable bonds is 8. The van der Waals surface area contributed by atoms with E-state index in [4.69, 9.17) is 4.74 Å². The van der Waals surface area contributed by atoms with Crippen LogP contribution in [0.3, 0.4) is 0 Å². The zero-order valence-corrected chi connectivity index (χ0v) is 19.4. The van der Waals surface area contributed by atoms with E-state index >= 15 is 0 Å². The van der Waals surface area contributed by atoms with E-state index in [0.717, 1.165) is 15.8 Å². The zero-order chi connectivity index (χ0) is 22.9. The number of carbonyl (C=O) groups is 2. The first kappa shape index (κ1) is 22.5. The Morgan fingerprint density at radius 2 is 2.03 bits per heavy atom. The molecule has 0 bridgehead atoms. The molecule has 1 aliphatic rings. The fraction of sp³-hybridized carbons (Fsp3) is 0.417. The van der Waals surface area contributed by atoms with Gasteiger partial charge in [-0.15, -0.1) is 11.3 Å². The summed E-state index contributed by atoms with van der Waals surface area (Å²) < 4.78 is 20.8. The van der Waals surface area contributed by atoms with E-state index in [1.807, 2.05) is 42.9 Å². The van der Waals surface area contributed by atoms with Crippen LogP contribution < -0.4 is 5.32 Å². The highest BCUT2D eigenvalue weighted by molar-refractivity contribution is 7.16. The smallest absolute Gasteiger partial charge is 0.271 e. The third-order valence-electron chi connectivity index (χ3n) is 5.86. The number of ether oxygens (including phenoxy) is 1. The van der Waals surface area contributed by atoms with Gasteiger partial charge in [-0.3, -0.25) is 9.59 Å². The first-order chi connectivity index (χ1) is 15.3. The van der Waals surface area contributed by atoms with Gasteiger partial charge in [0.25, 0.3) is 5.91 Å². The van der Waals surface area contributed by atoms with Gasteiger partial charge in [0.05, 0.1) is 12.6 Å². The normalized spacial score (nSPS) is 18.4. The summed E-state index contributed by atoms with van der Waals surface area (Å²) in [7, 11) is 0. The Balaban J connectivity index is 1.58. The fourth-order valence-corrected chi connectivity index (χ4v) is 5.02. The van der Waals surface area contributed by atoms with Crippen molar-refractivity contribution in [2.24, 2.45) is 0 Å². The van der Waals surface area contributed by atoms with Gasteiger partial charge in [-0.05, 0) is 62.4 Å². The number of carbonyl (C=O) groups excluding carboxylic acids is 2. The van der Waals surface area contributed by atoms with Crippen LogP contribution in [-0.2, 0) is 22.6 Å². The van der Waals surface area contributed by atoms with Gasteiger partial charge < -0.3 is 19.5 Å². The van der Waals surface area contributed by atoms with Crippen molar-refractivity contribution < 1.29 is 18.7 Å². The summed E-state index contributed by atoms with van der Waals surface area (Å²) in [4.78, 5) is 29.6. The molecule has 4 rings (SSSR count). The molecule has 32 heavy (non-hydrogen) atoms. The molecule has 2 amide bonds. The van der Waals surface area contributed by atoms with Crippen LogP contribution in [0.5, 0.6) is 0 Å². The van der Waals surface area contributed by atoms with E-state index in [0.29, 0.717) is 31.8 Å². The molecular weight excluding hydrogens is 429 g/mol. The minimum Gasteiger partial charge on any atom is -0.379 e. The first-order valence-electron chi connectivity index (χ1n) is 10.8. The van der Waals surface area contributed by atoms with Crippen LogP contribution in [-0.4, -0.2) is 46.1 Å². The summed E-state index contributed by atoms with van der Waals surface area (Å²) >= 11 is 1.57. The molecule has 0 fully saturated rings. The number of fused-ring (bicyclic) bond motifs is 3. The summed E-state index contributed by atoms with van der Waals surface area (Å²) in [5.74, 6) is -0.701. The Morgan fingerprint density at radius 3 is 2.75 bits per heavy atom. The molecule has 0 unspecified atom stereocenters. The number of hydrogen-bond acceptors (Lipinski definition) is 4. The van der Waals surface area contributed by atoms with Crippen molar-refractivity contribution in [2.75, 3.05) is 13.2 Å². The summed E-state index contributed by atoms with van der Waals surface area (Å²) in [6.07, 6.45) is 0.751. The molecule has 1 aromatic carbocycles. The van der Waals surface area contributed by atoms with Crippen molar-refractivity contribution >= 4 is 33.4 Å². The average Bonchev–Trinajstić information content (AvgIpc) is 3.34. The van der Waals surface area contributed by atoms with E-state index in [-0.39, 0.29) is 30.3 Å². The van der Waals surface area contributed by atoms with Crippen LogP contribution in [0.25, 0.3) is 10.2 Å². The largest absolute Gasteiger partial charge is 0.379 e. The van der Waals surface area contributed by atoms with Crippen LogP contribution in [0, 0.1) is 5.82 Å². The number of benzene rings is 1. The topological polar surface area (TPSA) is 63.6 Å². The Labute approximate surface area is 191 Å². The highest BCUT2D eigenvalue weighted by Crippen LogP contribution is 2.34. The van der Waals surface area contributed by atoms with Gasteiger partial charge in [-0.25, -0.2) is 4.39 Å². The highest BCUT2D eigenvalue weighted by Gasteiger charge is 2.47. The second-order valence-corrected chi connectivity index (χ2v) is 9.50. The Morgan fingerprint density at radius 1 is 1.28 bits per heavy atom. The third kappa shape index (κ3) is 4.29. The van der Waals surface area contributed by atoms with Crippen molar-refractivity contribution in [3.63, 3.8) is 0 Å². The van der Waals surface area contributed by atoms with Gasteiger partial charge in [0.15, 0.2) is 0 Å². The molecule has 1 aliphatic heterocycles. The van der Waals surface area contributed by atoms with E-state index in [1.54, 1.807) is 28.4 Å². The fourth-order valence-electron chi connectivity index (χ4n) is 4.12. The minimum absolute atomic E-state index is 0.112. The van der Waals surface area contributed by atoms with Crippen LogP contribution in [0.4, 0.5) is 4.39 Å². The van der Waals surface area contributed by atoms with Crippen molar-refractivity contribution in [1.82, 2.24) is 14.8 Å². The second kappa shape index (κ2) is 9.03. The minimum atomic E-state index is -1.06. The molecule has 3 heterocycles. The average molecular weight is 458 g/mol. The predicted molar refractivity (Wildman–Crippen MR) is 123 cm³/mol. The molecule has 1 N–H and O–H groups in total. The number of nitrogens with zero attached hydrogens (tertiary/aromatic N) is 2. The molecule has 6 nitrogen and oxygen atoms in total. The predicted octanol–water partition coefficient (Wildman–Crippen LogP) is 4.19. The van der Waals surface area contributed by atoms with Gasteiger partial charge in [0.1, 0.15) is 21.9 Å². The number of hydrogen-bond donors (Lipinski definition) is 1. The lowest BCUT2D eigenvalue weighted by atomic mass is 9.94. The van der Waals surface area contributed by atoms with Crippen LogP contribution >= 0.6 is 11.3 Å². The summed E-state index contributed by atoms with van der Waals surface area (Å²) in [5, 5.41) is 5.96. The Bertz CT molecular complexity index is 1120. The Kier molecular flexibility index (Phi) is 6.35. The lowest BCUT2D eigenvalue weighted by Crippen LogP contribution is -2.64. The summed E-state index contributed by atoms with van der Waals surface area (Å²) in [6.45, 7) is 7.34. The van der Waals surface area contributed by atoms with Crippen molar-refractivity contribution in [2.45, 2.75) is 51.9 Å². The van der Waals surface area contributed by atoms with Crippen molar-refractivity contribution in [3.8, 4) is 0 Å². The van der Waals surface area contributed by atoms with Crippen LogP contribution in [0.1, 0.15) is 43.2 Å². The molecule has 0 aliphatic carbocycles. The quantitative estimate of drug-likeness (QED) is 0.516. The number of halogens is 1. The molecule has 0 spiro atoms. The molecular formula is C24H28FN3O3S. The van der Waals surface area contributed by atoms with Gasteiger partial charge in [0, 0.05) is 25.1 Å². The molecule has 170 valence electrons. The SMILES string of the molecule is CC(C)OCCCN1C(=O)c2cc3ccsc3n2C[C@@]1(C)C(=O)NCc1ccc(F)cc1. The van der Waals surface area contributed by atoms with Gasteiger partial charge in [0.2, 0.25) is 5.91 Å². The van der Waals surface area contributed by atoms with Crippen molar-refractivity contribution in [1.29, 1.82) is 0 Å². The lowest BCUT2D eigenvalue weighted by Gasteiger charge is -2.44. The molecule has 3 aromatic rings. The molecule has 0 radical (unpaired) electrons. The van der Waals surface area contributed by atoms with Crippen LogP contribution in [0.15, 0.2) is 41.8 Å². The lowest BCUT2D eigenvalue weighted by molar-refractivity contribution is -0.133. The molecule has 0 saturated heterocycles. The standard InChI is InChI=1S/C24H28FN3O3S/c1-16(2)31-11-4-10-28-21(29)20-13-18-9-12-32-22(18)27(20)15-24(28,3)23(30)26-14-17-5-7-19(25)8-6-17/h5-9,12-13,16H,4,10-11,14-15H2,1-3H3,(H,26,30)/t24-/m0/s1. The van der Waals surface area contributed by atoms with Gasteiger partial charge in [-0.1, -0.05) is 12.1 Å². The molecule has 2 aromatic heterocycles. The number of nitrogens with one attached hydrogen (secondary N) is 1. The van der Waals surface area contributed by atoms with Gasteiger partial charge >= 0.3 is 0 Å². The monoisotopic (exact) mass is 457 g/mol. The van der Waals surface area contributed by atoms with Gasteiger partial charge in [-0.2, -0.15) is 0 Å². The second-order valence-electron chi connectivity index (χ2n) is 8.61. The zero-order valence-electron chi connectivity index (χ0n) is 18.6. The summed E-state index contributed by atoms with van der Waals surface area (Å²) in [5.41, 5.74) is 0.350. The van der Waals surface area contributed by atoms with E-state index < -0.39 is 5.54 Å².